The summed E-state index contributed by atoms with van der Waals surface area (Å²) in [6, 6.07) is 5.10. The summed E-state index contributed by atoms with van der Waals surface area (Å²) in [4.78, 5) is 12.5. The SMILES string of the molecule is Cc1ccc(C(=O)NC2CCCNC2C)cc1S(C)(=O)=O.Cl. The predicted octanol–water partition coefficient (Wildman–Crippen LogP) is 1.69. The number of carbonyl (C=O) groups is 1. The zero-order chi connectivity index (χ0) is 15.6. The first kappa shape index (κ1) is 18.9. The molecule has 1 fully saturated rings. The van der Waals surface area contributed by atoms with E-state index < -0.39 is 9.84 Å². The van der Waals surface area contributed by atoms with E-state index >= 15 is 0 Å². The molecule has 2 N–H and O–H groups in total. The number of hydrogen-bond donors (Lipinski definition) is 2. The lowest BCUT2D eigenvalue weighted by atomic mass is 9.99. The Balaban J connectivity index is 0.00000242. The summed E-state index contributed by atoms with van der Waals surface area (Å²) in [5.74, 6) is -0.222. The Bertz CT molecular complexity index is 646. The van der Waals surface area contributed by atoms with Crippen LogP contribution in [0.4, 0.5) is 0 Å². The van der Waals surface area contributed by atoms with Crippen molar-refractivity contribution in [1.82, 2.24) is 10.6 Å². The Labute approximate surface area is 138 Å². The highest BCUT2D eigenvalue weighted by atomic mass is 35.5. The van der Waals surface area contributed by atoms with Crippen LogP contribution in [0.2, 0.25) is 0 Å². The number of halogens is 1. The second kappa shape index (κ2) is 7.44. The normalized spacial score (nSPS) is 21.8. The highest BCUT2D eigenvalue weighted by molar-refractivity contribution is 7.90. The van der Waals surface area contributed by atoms with E-state index in [0.29, 0.717) is 11.1 Å². The van der Waals surface area contributed by atoms with Gasteiger partial charge in [-0.1, -0.05) is 6.07 Å². The molecule has 0 spiro atoms. The van der Waals surface area contributed by atoms with E-state index in [2.05, 4.69) is 10.6 Å². The largest absolute Gasteiger partial charge is 0.348 e. The van der Waals surface area contributed by atoms with Gasteiger partial charge in [0.2, 0.25) is 0 Å². The fourth-order valence-electron chi connectivity index (χ4n) is 2.63. The lowest BCUT2D eigenvalue weighted by molar-refractivity contribution is 0.0919. The zero-order valence-electron chi connectivity index (χ0n) is 13.0. The smallest absolute Gasteiger partial charge is 0.251 e. The first-order chi connectivity index (χ1) is 9.79. The van der Waals surface area contributed by atoms with Crippen LogP contribution in [0.25, 0.3) is 0 Å². The maximum Gasteiger partial charge on any atom is 0.251 e. The summed E-state index contributed by atoms with van der Waals surface area (Å²) in [5, 5.41) is 6.31. The van der Waals surface area contributed by atoms with Gasteiger partial charge in [-0.25, -0.2) is 8.42 Å². The molecule has 1 aliphatic heterocycles. The third kappa shape index (κ3) is 4.44. The minimum atomic E-state index is -3.33. The van der Waals surface area contributed by atoms with Gasteiger partial charge in [0.05, 0.1) is 4.90 Å². The molecule has 0 bridgehead atoms. The van der Waals surface area contributed by atoms with Crippen LogP contribution in [0.5, 0.6) is 0 Å². The van der Waals surface area contributed by atoms with Gasteiger partial charge in [0.1, 0.15) is 0 Å². The number of benzene rings is 1. The molecule has 7 heteroatoms. The van der Waals surface area contributed by atoms with E-state index in [1.165, 1.54) is 6.07 Å². The van der Waals surface area contributed by atoms with E-state index in [1.54, 1.807) is 19.1 Å². The molecule has 1 saturated heterocycles. The minimum absolute atomic E-state index is 0. The molecular weight excluding hydrogens is 324 g/mol. The van der Waals surface area contributed by atoms with Crippen LogP contribution in [0.15, 0.2) is 23.1 Å². The molecule has 5 nitrogen and oxygen atoms in total. The van der Waals surface area contributed by atoms with Crippen molar-refractivity contribution in [2.75, 3.05) is 12.8 Å². The lowest BCUT2D eigenvalue weighted by Crippen LogP contribution is -2.51. The van der Waals surface area contributed by atoms with E-state index in [-0.39, 0.29) is 35.3 Å². The predicted molar refractivity (Wildman–Crippen MR) is 89.5 cm³/mol. The highest BCUT2D eigenvalue weighted by Gasteiger charge is 2.23. The number of hydrogen-bond acceptors (Lipinski definition) is 4. The molecule has 1 aliphatic rings. The molecule has 2 atom stereocenters. The van der Waals surface area contributed by atoms with Crippen LogP contribution >= 0.6 is 12.4 Å². The number of piperidine rings is 1. The molecule has 0 aliphatic carbocycles. The van der Waals surface area contributed by atoms with Gasteiger partial charge < -0.3 is 10.6 Å². The summed E-state index contributed by atoms with van der Waals surface area (Å²) in [7, 11) is -3.33. The summed E-state index contributed by atoms with van der Waals surface area (Å²) >= 11 is 0. The van der Waals surface area contributed by atoms with E-state index in [9.17, 15) is 13.2 Å². The van der Waals surface area contributed by atoms with Crippen molar-refractivity contribution >= 4 is 28.2 Å². The molecule has 1 amide bonds. The Morgan fingerprint density at radius 1 is 1.36 bits per heavy atom. The van der Waals surface area contributed by atoms with Gasteiger partial charge in [0.15, 0.2) is 9.84 Å². The molecule has 124 valence electrons. The van der Waals surface area contributed by atoms with Crippen molar-refractivity contribution in [3.8, 4) is 0 Å². The van der Waals surface area contributed by atoms with Gasteiger partial charge >= 0.3 is 0 Å². The quantitative estimate of drug-likeness (QED) is 0.873. The van der Waals surface area contributed by atoms with Gasteiger partial charge in [-0.3, -0.25) is 4.79 Å². The van der Waals surface area contributed by atoms with E-state index in [0.717, 1.165) is 25.6 Å². The fourth-order valence-corrected chi connectivity index (χ4v) is 3.63. The standard InChI is InChI=1S/C15H22N2O3S.ClH/c1-10-6-7-12(9-14(10)21(3,19)20)15(18)17-13-5-4-8-16-11(13)2;/h6-7,9,11,13,16H,4-5,8H2,1-3H3,(H,17,18);1H. The third-order valence-electron chi connectivity index (χ3n) is 3.93. The molecule has 1 heterocycles. The summed E-state index contributed by atoms with van der Waals surface area (Å²) in [6.45, 7) is 4.74. The second-order valence-corrected chi connectivity index (χ2v) is 7.70. The van der Waals surface area contributed by atoms with Crippen molar-refractivity contribution in [3.05, 3.63) is 29.3 Å². The van der Waals surface area contributed by atoms with Crippen molar-refractivity contribution in [2.45, 2.75) is 43.7 Å². The molecule has 22 heavy (non-hydrogen) atoms. The van der Waals surface area contributed by atoms with Gasteiger partial charge in [0, 0.05) is 23.9 Å². The Kier molecular flexibility index (Phi) is 6.40. The third-order valence-corrected chi connectivity index (χ3v) is 5.17. The number of sulfone groups is 1. The molecule has 2 unspecified atom stereocenters. The molecule has 0 saturated carbocycles. The van der Waals surface area contributed by atoms with Crippen molar-refractivity contribution in [1.29, 1.82) is 0 Å². The van der Waals surface area contributed by atoms with Gasteiger partial charge in [-0.2, -0.15) is 0 Å². The molecule has 1 aromatic carbocycles. The molecule has 0 aromatic heterocycles. The van der Waals surface area contributed by atoms with Crippen LogP contribution < -0.4 is 10.6 Å². The van der Waals surface area contributed by atoms with Crippen LogP contribution in [-0.2, 0) is 9.84 Å². The van der Waals surface area contributed by atoms with E-state index in [1.807, 2.05) is 6.92 Å². The van der Waals surface area contributed by atoms with Crippen LogP contribution in [0, 0.1) is 6.92 Å². The molecule has 1 aromatic rings. The van der Waals surface area contributed by atoms with E-state index in [4.69, 9.17) is 0 Å². The van der Waals surface area contributed by atoms with Crippen LogP contribution in [0.3, 0.4) is 0 Å². The maximum atomic E-state index is 12.3. The zero-order valence-corrected chi connectivity index (χ0v) is 14.7. The van der Waals surface area contributed by atoms with Crippen molar-refractivity contribution < 1.29 is 13.2 Å². The summed E-state index contributed by atoms with van der Waals surface area (Å²) in [5.41, 5.74) is 1.04. The maximum absolute atomic E-state index is 12.3. The Hall–Kier alpha value is -1.11. The number of aryl methyl sites for hydroxylation is 1. The number of rotatable bonds is 3. The topological polar surface area (TPSA) is 75.3 Å². The lowest BCUT2D eigenvalue weighted by Gasteiger charge is -2.30. The Morgan fingerprint density at radius 2 is 2.05 bits per heavy atom. The van der Waals surface area contributed by atoms with Gasteiger partial charge in [-0.15, -0.1) is 12.4 Å². The van der Waals surface area contributed by atoms with Crippen LogP contribution in [-0.4, -0.2) is 39.2 Å². The number of carbonyl (C=O) groups excluding carboxylic acids is 1. The number of amides is 1. The number of nitrogens with one attached hydrogen (secondary N) is 2. The van der Waals surface area contributed by atoms with Crippen molar-refractivity contribution in [3.63, 3.8) is 0 Å². The van der Waals surface area contributed by atoms with Gasteiger partial charge in [-0.05, 0) is 50.9 Å². The molecule has 0 radical (unpaired) electrons. The molecular formula is C15H23ClN2O3S. The molecule has 2 rings (SSSR count). The first-order valence-electron chi connectivity index (χ1n) is 7.14. The average molecular weight is 347 g/mol. The minimum Gasteiger partial charge on any atom is -0.348 e. The summed E-state index contributed by atoms with van der Waals surface area (Å²) in [6.07, 6.45) is 3.12. The van der Waals surface area contributed by atoms with Gasteiger partial charge in [0.25, 0.3) is 5.91 Å². The highest BCUT2D eigenvalue weighted by Crippen LogP contribution is 2.17. The monoisotopic (exact) mass is 346 g/mol. The summed E-state index contributed by atoms with van der Waals surface area (Å²) < 4.78 is 23.5. The average Bonchev–Trinajstić information content (AvgIpc) is 2.40. The van der Waals surface area contributed by atoms with Crippen LogP contribution in [0.1, 0.15) is 35.7 Å². The Morgan fingerprint density at radius 3 is 2.64 bits per heavy atom. The van der Waals surface area contributed by atoms with Crippen molar-refractivity contribution in [2.24, 2.45) is 0 Å². The second-order valence-electron chi connectivity index (χ2n) is 5.72. The first-order valence-corrected chi connectivity index (χ1v) is 9.03. The fraction of sp³-hybridized carbons (Fsp3) is 0.533.